The largest absolute Gasteiger partial charge is 0.406 e. The van der Waals surface area contributed by atoms with Crippen LogP contribution in [0.15, 0.2) is 65.6 Å². The van der Waals surface area contributed by atoms with Crippen LogP contribution in [0, 0.1) is 13.8 Å². The first kappa shape index (κ1) is 18.9. The monoisotopic (exact) mass is 405 g/mol. The molecule has 0 aliphatic heterocycles. The van der Waals surface area contributed by atoms with Crippen LogP contribution in [0.3, 0.4) is 0 Å². The Morgan fingerprint density at radius 2 is 1.93 bits per heavy atom. The van der Waals surface area contributed by atoms with Crippen LogP contribution in [0.2, 0.25) is 0 Å². The van der Waals surface area contributed by atoms with E-state index >= 15 is 0 Å². The van der Waals surface area contributed by atoms with Gasteiger partial charge >= 0.3 is 0 Å². The highest BCUT2D eigenvalue weighted by molar-refractivity contribution is 7.22. The van der Waals surface area contributed by atoms with Gasteiger partial charge in [0.25, 0.3) is 11.5 Å². The molecule has 146 valence electrons. The van der Waals surface area contributed by atoms with E-state index in [9.17, 15) is 9.59 Å². The van der Waals surface area contributed by atoms with Crippen LogP contribution in [0.25, 0.3) is 10.2 Å². The Balaban J connectivity index is 1.52. The van der Waals surface area contributed by atoms with Gasteiger partial charge in [0.05, 0.1) is 10.2 Å². The summed E-state index contributed by atoms with van der Waals surface area (Å²) in [4.78, 5) is 35.3. The molecule has 4 rings (SSSR count). The minimum absolute atomic E-state index is 0.00724. The second kappa shape index (κ2) is 7.89. The van der Waals surface area contributed by atoms with Gasteiger partial charge in [-0.05, 0) is 49.2 Å². The lowest BCUT2D eigenvalue weighted by Gasteiger charge is -2.10. The number of aromatic nitrogens is 2. The van der Waals surface area contributed by atoms with Crippen LogP contribution in [0.4, 0.5) is 5.13 Å². The van der Waals surface area contributed by atoms with Crippen molar-refractivity contribution in [2.45, 2.75) is 20.5 Å². The van der Waals surface area contributed by atoms with Crippen LogP contribution in [0.1, 0.15) is 27.0 Å². The molecule has 1 N–H and O–H groups in total. The number of amides is 1. The molecule has 0 saturated carbocycles. The number of thiazole rings is 1. The number of rotatable bonds is 5. The maximum Gasteiger partial charge on any atom is 0.295 e. The van der Waals surface area contributed by atoms with E-state index in [1.165, 1.54) is 23.6 Å². The van der Waals surface area contributed by atoms with Crippen LogP contribution in [0.5, 0.6) is 0 Å². The Labute approximate surface area is 171 Å². The molecule has 2 aromatic heterocycles. The summed E-state index contributed by atoms with van der Waals surface area (Å²) in [6.45, 7) is 4.22. The highest BCUT2D eigenvalue weighted by Crippen LogP contribution is 2.26. The molecule has 0 unspecified atom stereocenters. The predicted octanol–water partition coefficient (Wildman–Crippen LogP) is 3.96. The van der Waals surface area contributed by atoms with Gasteiger partial charge in [-0.2, -0.15) is 4.73 Å². The van der Waals surface area contributed by atoms with Crippen molar-refractivity contribution in [2.75, 3.05) is 5.32 Å². The van der Waals surface area contributed by atoms with E-state index in [2.05, 4.69) is 10.3 Å². The SMILES string of the molecule is Cc1cccc(COn2cccc(C(=O)Nc3nc4ccc(C)cc4s3)c2=O)c1. The lowest BCUT2D eigenvalue weighted by Crippen LogP contribution is -2.32. The molecule has 0 spiro atoms. The van der Waals surface area contributed by atoms with Crippen molar-refractivity contribution in [3.05, 3.63) is 93.4 Å². The maximum atomic E-state index is 12.7. The number of fused-ring (bicyclic) bond motifs is 1. The number of nitrogens with one attached hydrogen (secondary N) is 1. The highest BCUT2D eigenvalue weighted by atomic mass is 32.1. The van der Waals surface area contributed by atoms with Crippen LogP contribution < -0.4 is 15.7 Å². The predicted molar refractivity (Wildman–Crippen MR) is 114 cm³/mol. The second-order valence-electron chi connectivity index (χ2n) is 6.76. The van der Waals surface area contributed by atoms with Crippen molar-refractivity contribution in [1.29, 1.82) is 0 Å². The molecule has 4 aromatic rings. The second-order valence-corrected chi connectivity index (χ2v) is 7.79. The molecule has 1 amide bonds. The Kier molecular flexibility index (Phi) is 5.14. The van der Waals surface area contributed by atoms with Gasteiger partial charge in [0, 0.05) is 6.20 Å². The van der Waals surface area contributed by atoms with E-state index in [1.54, 1.807) is 6.07 Å². The molecule has 2 aromatic carbocycles. The number of aryl methyl sites for hydroxylation is 2. The number of hydrogen-bond acceptors (Lipinski definition) is 5. The third kappa shape index (κ3) is 4.20. The molecule has 0 fully saturated rings. The third-order valence-electron chi connectivity index (χ3n) is 4.38. The number of carbonyl (C=O) groups is 1. The average Bonchev–Trinajstić information content (AvgIpc) is 3.08. The van der Waals surface area contributed by atoms with Gasteiger partial charge in [-0.25, -0.2) is 4.98 Å². The zero-order chi connectivity index (χ0) is 20.4. The van der Waals surface area contributed by atoms with E-state index in [0.717, 1.165) is 31.6 Å². The molecule has 0 bridgehead atoms. The first-order valence-corrected chi connectivity index (χ1v) is 9.90. The minimum atomic E-state index is -0.519. The zero-order valence-electron chi connectivity index (χ0n) is 16.0. The number of anilines is 1. The average molecular weight is 405 g/mol. The number of benzene rings is 2. The van der Waals surface area contributed by atoms with Crippen molar-refractivity contribution in [3.63, 3.8) is 0 Å². The standard InChI is InChI=1S/C22H19N3O3S/c1-14-5-3-6-16(11-14)13-28-25-10-4-7-17(21(25)27)20(26)24-22-23-18-9-8-15(2)12-19(18)29-22/h3-12H,13H2,1-2H3,(H,23,24,26). The van der Waals surface area contributed by atoms with Gasteiger partial charge in [-0.1, -0.05) is 47.2 Å². The molecule has 0 radical (unpaired) electrons. The number of pyridine rings is 1. The smallest absolute Gasteiger partial charge is 0.295 e. The Morgan fingerprint density at radius 3 is 2.76 bits per heavy atom. The maximum absolute atomic E-state index is 12.7. The minimum Gasteiger partial charge on any atom is -0.406 e. The molecule has 29 heavy (non-hydrogen) atoms. The molecular weight excluding hydrogens is 386 g/mol. The summed E-state index contributed by atoms with van der Waals surface area (Å²) >= 11 is 1.37. The molecule has 7 heteroatoms. The topological polar surface area (TPSA) is 73.2 Å². The first-order valence-electron chi connectivity index (χ1n) is 9.09. The summed E-state index contributed by atoms with van der Waals surface area (Å²) in [5, 5.41) is 3.17. The van der Waals surface area contributed by atoms with Gasteiger partial charge in [-0.15, -0.1) is 0 Å². The van der Waals surface area contributed by atoms with Crippen LogP contribution in [-0.2, 0) is 6.61 Å². The molecule has 0 aliphatic carbocycles. The van der Waals surface area contributed by atoms with Gasteiger partial charge in [0.1, 0.15) is 12.2 Å². The van der Waals surface area contributed by atoms with Crippen molar-refractivity contribution in [1.82, 2.24) is 9.71 Å². The molecular formula is C22H19N3O3S. The van der Waals surface area contributed by atoms with Gasteiger partial charge in [0.15, 0.2) is 5.13 Å². The highest BCUT2D eigenvalue weighted by Gasteiger charge is 2.15. The third-order valence-corrected chi connectivity index (χ3v) is 5.31. The lowest BCUT2D eigenvalue weighted by atomic mass is 10.1. The van der Waals surface area contributed by atoms with Crippen molar-refractivity contribution >= 4 is 32.6 Å². The van der Waals surface area contributed by atoms with Crippen LogP contribution in [-0.4, -0.2) is 15.6 Å². The van der Waals surface area contributed by atoms with E-state index in [1.807, 2.05) is 56.3 Å². The summed E-state index contributed by atoms with van der Waals surface area (Å²) in [5.41, 5.74) is 3.45. The van der Waals surface area contributed by atoms with E-state index in [4.69, 9.17) is 4.84 Å². The Hall–Kier alpha value is -3.45. The molecule has 0 atom stereocenters. The summed E-state index contributed by atoms with van der Waals surface area (Å²) in [5.74, 6) is -0.515. The quantitative estimate of drug-likeness (QED) is 0.546. The summed E-state index contributed by atoms with van der Waals surface area (Å²) in [6.07, 6.45) is 1.50. The molecule has 0 saturated heterocycles. The fraction of sp³-hybridized carbons (Fsp3) is 0.136. The first-order chi connectivity index (χ1) is 14.0. The molecule has 2 heterocycles. The summed E-state index contributed by atoms with van der Waals surface area (Å²) in [6, 6.07) is 16.8. The van der Waals surface area contributed by atoms with Crippen molar-refractivity contribution in [2.24, 2.45) is 0 Å². The number of nitrogens with zero attached hydrogens (tertiary/aromatic N) is 2. The lowest BCUT2D eigenvalue weighted by molar-refractivity contribution is 0.0863. The van der Waals surface area contributed by atoms with E-state index < -0.39 is 11.5 Å². The number of carbonyl (C=O) groups excluding carboxylic acids is 1. The van der Waals surface area contributed by atoms with E-state index in [0.29, 0.717) is 5.13 Å². The Morgan fingerprint density at radius 1 is 1.10 bits per heavy atom. The molecule has 0 aliphatic rings. The normalized spacial score (nSPS) is 10.8. The van der Waals surface area contributed by atoms with Gasteiger partial charge < -0.3 is 4.84 Å². The zero-order valence-corrected chi connectivity index (χ0v) is 16.8. The summed E-state index contributed by atoms with van der Waals surface area (Å²) in [7, 11) is 0. The Bertz CT molecular complexity index is 1260. The van der Waals surface area contributed by atoms with Gasteiger partial charge in [0.2, 0.25) is 0 Å². The number of hydrogen-bond donors (Lipinski definition) is 1. The fourth-order valence-corrected chi connectivity index (χ4v) is 3.90. The van der Waals surface area contributed by atoms with Gasteiger partial charge in [-0.3, -0.25) is 14.9 Å². The summed E-state index contributed by atoms with van der Waals surface area (Å²) < 4.78 is 2.06. The van der Waals surface area contributed by atoms with E-state index in [-0.39, 0.29) is 12.2 Å². The van der Waals surface area contributed by atoms with Crippen molar-refractivity contribution < 1.29 is 9.63 Å². The van der Waals surface area contributed by atoms with Crippen LogP contribution >= 0.6 is 11.3 Å². The molecule has 6 nitrogen and oxygen atoms in total. The fourth-order valence-electron chi connectivity index (χ4n) is 2.95. The van der Waals surface area contributed by atoms with Crippen molar-refractivity contribution in [3.8, 4) is 0 Å².